The molecule has 0 bridgehead atoms. The number of carbonyl (C=O) groups excluding carboxylic acids is 1. The number of aromatic nitrogens is 1. The minimum Gasteiger partial charge on any atom is -0.489 e. The van der Waals surface area contributed by atoms with Crippen molar-refractivity contribution in [1.82, 2.24) is 9.47 Å². The highest BCUT2D eigenvalue weighted by atomic mass is 32.1. The lowest BCUT2D eigenvalue weighted by Crippen LogP contribution is -2.26. The van der Waals surface area contributed by atoms with Crippen molar-refractivity contribution in [3.63, 3.8) is 0 Å². The van der Waals surface area contributed by atoms with Gasteiger partial charge in [0.05, 0.1) is 15.9 Å². The second-order valence-corrected chi connectivity index (χ2v) is 9.94. The standard InChI is InChI=1S/C30H26N2O4S/c1-31(2)26(33)18-32-24-17-25(30(34)35)37-29(24)27(21-11-7-4-8-12-21)28(32)22-13-15-23(16-14-22)36-19-20-9-5-3-6-10-20/h3-17H,18-19H2,1-2H3,(H,34,35). The van der Waals surface area contributed by atoms with Crippen LogP contribution in [-0.2, 0) is 17.9 Å². The molecule has 0 radical (unpaired) electrons. The van der Waals surface area contributed by atoms with Gasteiger partial charge in [-0.15, -0.1) is 11.3 Å². The first-order valence-corrected chi connectivity index (χ1v) is 12.7. The number of aromatic carboxylic acids is 1. The molecule has 37 heavy (non-hydrogen) atoms. The van der Waals surface area contributed by atoms with Crippen molar-refractivity contribution in [2.75, 3.05) is 14.1 Å². The molecule has 5 aromatic rings. The van der Waals surface area contributed by atoms with E-state index in [1.54, 1.807) is 25.1 Å². The van der Waals surface area contributed by atoms with Crippen LogP contribution >= 0.6 is 11.3 Å². The number of rotatable bonds is 8. The van der Waals surface area contributed by atoms with Gasteiger partial charge in [0.15, 0.2) is 0 Å². The van der Waals surface area contributed by atoms with Gasteiger partial charge in [-0.3, -0.25) is 4.79 Å². The van der Waals surface area contributed by atoms with Gasteiger partial charge in [0.25, 0.3) is 0 Å². The van der Waals surface area contributed by atoms with Gasteiger partial charge >= 0.3 is 5.97 Å². The molecule has 1 amide bonds. The first-order valence-electron chi connectivity index (χ1n) is 11.8. The van der Waals surface area contributed by atoms with Crippen LogP contribution in [0.25, 0.3) is 32.6 Å². The van der Waals surface area contributed by atoms with Crippen LogP contribution in [0, 0.1) is 0 Å². The fourth-order valence-corrected chi connectivity index (χ4v) is 5.36. The third-order valence-electron chi connectivity index (χ3n) is 6.18. The summed E-state index contributed by atoms with van der Waals surface area (Å²) in [7, 11) is 3.44. The average molecular weight is 511 g/mol. The Morgan fingerprint density at radius 3 is 2.16 bits per heavy atom. The van der Waals surface area contributed by atoms with Crippen molar-refractivity contribution in [3.05, 3.63) is 101 Å². The molecule has 7 heteroatoms. The van der Waals surface area contributed by atoms with Gasteiger partial charge in [0.2, 0.25) is 5.91 Å². The Labute approximate surface area is 219 Å². The van der Waals surface area contributed by atoms with Gasteiger partial charge in [-0.1, -0.05) is 60.7 Å². The smallest absolute Gasteiger partial charge is 0.345 e. The van der Waals surface area contributed by atoms with Crippen molar-refractivity contribution >= 4 is 33.4 Å². The Kier molecular flexibility index (Phi) is 6.79. The maximum atomic E-state index is 12.9. The number of fused-ring (bicyclic) bond motifs is 1. The molecule has 1 N–H and O–H groups in total. The zero-order chi connectivity index (χ0) is 25.9. The fourth-order valence-electron chi connectivity index (χ4n) is 4.29. The minimum atomic E-state index is -0.979. The van der Waals surface area contributed by atoms with Crippen molar-refractivity contribution in [2.45, 2.75) is 13.2 Å². The minimum absolute atomic E-state index is 0.0800. The molecular weight excluding hydrogens is 484 g/mol. The van der Waals surface area contributed by atoms with E-state index in [-0.39, 0.29) is 17.3 Å². The van der Waals surface area contributed by atoms with Crippen LogP contribution < -0.4 is 4.74 Å². The van der Waals surface area contributed by atoms with Crippen molar-refractivity contribution in [2.24, 2.45) is 0 Å². The monoisotopic (exact) mass is 510 g/mol. The summed E-state index contributed by atoms with van der Waals surface area (Å²) < 4.78 is 8.75. The average Bonchev–Trinajstić information content (AvgIpc) is 3.47. The normalized spacial score (nSPS) is 11.0. The summed E-state index contributed by atoms with van der Waals surface area (Å²) in [5.41, 5.74) is 5.48. The number of amides is 1. The van der Waals surface area contributed by atoms with Crippen molar-refractivity contribution < 1.29 is 19.4 Å². The van der Waals surface area contributed by atoms with E-state index in [1.807, 2.05) is 89.5 Å². The number of carboxylic acid groups (broad SMARTS) is 1. The van der Waals surface area contributed by atoms with E-state index >= 15 is 0 Å². The maximum Gasteiger partial charge on any atom is 0.345 e. The molecular formula is C30H26N2O4S. The summed E-state index contributed by atoms with van der Waals surface area (Å²) in [5.74, 6) is -0.317. The number of hydrogen-bond donors (Lipinski definition) is 1. The van der Waals surface area contributed by atoms with E-state index in [1.165, 1.54) is 11.3 Å². The van der Waals surface area contributed by atoms with Gasteiger partial charge in [0.1, 0.15) is 23.8 Å². The van der Waals surface area contributed by atoms with Crippen LogP contribution in [0.4, 0.5) is 0 Å². The van der Waals surface area contributed by atoms with Gasteiger partial charge in [0, 0.05) is 19.7 Å². The summed E-state index contributed by atoms with van der Waals surface area (Å²) in [4.78, 5) is 26.5. The Bertz CT molecular complexity index is 1550. The second kappa shape index (κ2) is 10.3. The third-order valence-corrected chi connectivity index (χ3v) is 7.31. The number of ether oxygens (including phenoxy) is 1. The largest absolute Gasteiger partial charge is 0.489 e. The highest BCUT2D eigenvalue weighted by Crippen LogP contribution is 2.45. The first-order chi connectivity index (χ1) is 17.9. The van der Waals surface area contributed by atoms with Crippen molar-refractivity contribution in [3.8, 4) is 28.1 Å². The van der Waals surface area contributed by atoms with Crippen LogP contribution in [0.1, 0.15) is 15.2 Å². The molecule has 0 saturated carbocycles. The Morgan fingerprint density at radius 1 is 0.892 bits per heavy atom. The summed E-state index contributed by atoms with van der Waals surface area (Å²) >= 11 is 1.23. The molecule has 186 valence electrons. The van der Waals surface area contributed by atoms with Crippen LogP contribution in [-0.4, -0.2) is 40.5 Å². The Balaban J connectivity index is 1.63. The van der Waals surface area contributed by atoms with E-state index in [0.717, 1.165) is 43.9 Å². The molecule has 3 aromatic carbocycles. The molecule has 5 rings (SSSR count). The van der Waals surface area contributed by atoms with Gasteiger partial charge in [-0.25, -0.2) is 4.79 Å². The zero-order valence-electron chi connectivity index (χ0n) is 20.5. The number of carboxylic acids is 1. The first kappa shape index (κ1) is 24.3. The summed E-state index contributed by atoms with van der Waals surface area (Å²) in [5, 5.41) is 9.69. The highest BCUT2D eigenvalue weighted by molar-refractivity contribution is 7.21. The lowest BCUT2D eigenvalue weighted by Gasteiger charge is -2.16. The lowest BCUT2D eigenvalue weighted by atomic mass is 10.0. The topological polar surface area (TPSA) is 71.8 Å². The highest BCUT2D eigenvalue weighted by Gasteiger charge is 2.25. The molecule has 2 heterocycles. The SMILES string of the molecule is CN(C)C(=O)Cn1c(-c2ccc(OCc3ccccc3)cc2)c(-c2ccccc2)c2sc(C(=O)O)cc21. The van der Waals surface area contributed by atoms with E-state index < -0.39 is 5.97 Å². The van der Waals surface area contributed by atoms with E-state index in [0.29, 0.717) is 6.61 Å². The molecule has 0 atom stereocenters. The Morgan fingerprint density at radius 2 is 1.54 bits per heavy atom. The zero-order valence-corrected chi connectivity index (χ0v) is 21.4. The van der Waals surface area contributed by atoms with Gasteiger partial charge in [-0.2, -0.15) is 0 Å². The quantitative estimate of drug-likeness (QED) is 0.262. The lowest BCUT2D eigenvalue weighted by molar-refractivity contribution is -0.129. The number of nitrogens with zero attached hydrogens (tertiary/aromatic N) is 2. The van der Waals surface area contributed by atoms with Crippen LogP contribution in [0.15, 0.2) is 91.0 Å². The van der Waals surface area contributed by atoms with Gasteiger partial charge < -0.3 is 19.3 Å². The second-order valence-electron chi connectivity index (χ2n) is 8.89. The number of benzene rings is 3. The molecule has 0 spiro atoms. The number of likely N-dealkylation sites (N-methyl/N-ethyl adjacent to an activating group) is 1. The molecule has 0 aliphatic carbocycles. The summed E-state index contributed by atoms with van der Waals surface area (Å²) in [6, 6.07) is 29.4. The van der Waals surface area contributed by atoms with Gasteiger partial charge in [-0.05, 0) is 47.0 Å². The van der Waals surface area contributed by atoms with Crippen molar-refractivity contribution in [1.29, 1.82) is 0 Å². The summed E-state index contributed by atoms with van der Waals surface area (Å²) in [6.07, 6.45) is 0. The number of hydrogen-bond acceptors (Lipinski definition) is 4. The predicted molar refractivity (Wildman–Crippen MR) is 147 cm³/mol. The fraction of sp³-hybridized carbons (Fsp3) is 0.133. The molecule has 6 nitrogen and oxygen atoms in total. The van der Waals surface area contributed by atoms with Crippen LogP contribution in [0.2, 0.25) is 0 Å². The number of thiophene rings is 1. The molecule has 0 aliphatic heterocycles. The molecule has 2 aromatic heterocycles. The maximum absolute atomic E-state index is 12.9. The molecule has 0 saturated heterocycles. The van der Waals surface area contributed by atoms with Crippen LogP contribution in [0.5, 0.6) is 5.75 Å². The van der Waals surface area contributed by atoms with Crippen LogP contribution in [0.3, 0.4) is 0 Å². The Hall–Kier alpha value is -4.36. The number of carbonyl (C=O) groups is 2. The third kappa shape index (κ3) is 4.99. The predicted octanol–water partition coefficient (Wildman–Crippen LogP) is 6.40. The molecule has 0 fully saturated rings. The summed E-state index contributed by atoms with van der Waals surface area (Å²) in [6.45, 7) is 0.560. The molecule has 0 aliphatic rings. The molecule has 0 unspecified atom stereocenters. The van der Waals surface area contributed by atoms with E-state index in [9.17, 15) is 14.7 Å². The van der Waals surface area contributed by atoms with E-state index in [2.05, 4.69) is 0 Å². The van der Waals surface area contributed by atoms with E-state index in [4.69, 9.17) is 4.74 Å².